The maximum Gasteiger partial charge on any atom is 0.407 e. The third-order valence-electron chi connectivity index (χ3n) is 1.30. The van der Waals surface area contributed by atoms with Crippen LogP contribution < -0.4 is 0 Å². The molecule has 100 valence electrons. The summed E-state index contributed by atoms with van der Waals surface area (Å²) in [5, 5.41) is 8.75. The molecule has 0 radical (unpaired) electrons. The number of halogens is 5. The highest BCUT2D eigenvalue weighted by molar-refractivity contribution is 6.69. The molecule has 0 aliphatic rings. The van der Waals surface area contributed by atoms with Crippen LogP contribution in [0.1, 0.15) is 10.4 Å². The van der Waals surface area contributed by atoms with Crippen molar-refractivity contribution in [1.82, 2.24) is 0 Å². The van der Waals surface area contributed by atoms with Crippen LogP contribution in [0.25, 0.3) is 0 Å². The van der Waals surface area contributed by atoms with Gasteiger partial charge in [0, 0.05) is 11.6 Å². The van der Waals surface area contributed by atoms with Gasteiger partial charge in [0.1, 0.15) is 0 Å². The van der Waals surface area contributed by atoms with Crippen LogP contribution in [0, 0.1) is 0 Å². The van der Waals surface area contributed by atoms with E-state index in [0.717, 1.165) is 0 Å². The Balaban J connectivity index is 0.000000331. The summed E-state index contributed by atoms with van der Waals surface area (Å²) < 4.78 is 1.82. The minimum absolute atomic E-state index is 0.143. The van der Waals surface area contributed by atoms with Gasteiger partial charge in [-0.3, -0.25) is 0 Å². The van der Waals surface area contributed by atoms with Crippen LogP contribution in [-0.4, -0.2) is 20.5 Å². The summed E-state index contributed by atoms with van der Waals surface area (Å²) in [7, 11) is 0. The number of carbonyl (C=O) groups excluding carboxylic acids is 1. The Morgan fingerprint density at radius 2 is 1.67 bits per heavy atom. The van der Waals surface area contributed by atoms with Crippen molar-refractivity contribution in [2.24, 2.45) is 0 Å². The molecule has 1 rings (SSSR count). The molecule has 0 heterocycles. The van der Waals surface area contributed by atoms with E-state index in [2.05, 4.69) is 16.3 Å². The van der Waals surface area contributed by atoms with E-state index in [1.807, 2.05) is 0 Å². The van der Waals surface area contributed by atoms with Gasteiger partial charge in [0.2, 0.25) is 0 Å². The van der Waals surface area contributed by atoms with E-state index in [1.165, 1.54) is 6.07 Å². The maximum absolute atomic E-state index is 10.3. The normalized spacial score (nSPS) is 10.1. The molecule has 0 saturated carbocycles. The Labute approximate surface area is 127 Å². The van der Waals surface area contributed by atoms with Gasteiger partial charge in [-0.15, -0.1) is 0 Å². The summed E-state index contributed by atoms with van der Waals surface area (Å²) in [5.41, 5.74) is -1.01. The van der Waals surface area contributed by atoms with Gasteiger partial charge in [0.15, 0.2) is 0 Å². The van der Waals surface area contributed by atoms with Gasteiger partial charge in [-0.2, -0.15) is 0 Å². The first kappa shape index (κ1) is 17.6. The van der Waals surface area contributed by atoms with Crippen molar-refractivity contribution >= 4 is 69.4 Å². The fraction of sp³-hybridized carbons (Fsp3) is 0.111. The molecule has 0 atom stereocenters. The molecule has 1 aromatic rings. The van der Waals surface area contributed by atoms with Gasteiger partial charge in [-0.05, 0) is 46.9 Å². The average molecular weight is 354 g/mol. The minimum Gasteiger partial charge on any atom is -0.478 e. The van der Waals surface area contributed by atoms with E-state index in [-0.39, 0.29) is 10.6 Å². The van der Waals surface area contributed by atoms with E-state index in [1.54, 1.807) is 18.2 Å². The van der Waals surface area contributed by atoms with Crippen molar-refractivity contribution < 1.29 is 19.4 Å². The maximum atomic E-state index is 10.3. The van der Waals surface area contributed by atoms with E-state index < -0.39 is 15.4 Å². The molecule has 0 aromatic heterocycles. The quantitative estimate of drug-likeness (QED) is 0.585. The number of carbonyl (C=O) groups is 2. The monoisotopic (exact) mass is 352 g/mol. The fourth-order valence-corrected chi connectivity index (χ4v) is 1.39. The molecule has 1 N–H and O–H groups in total. The molecule has 0 saturated heterocycles. The van der Waals surface area contributed by atoms with Gasteiger partial charge < -0.3 is 9.84 Å². The third-order valence-corrected chi connectivity index (χ3v) is 1.94. The largest absolute Gasteiger partial charge is 0.478 e. The molecule has 9 heteroatoms. The minimum atomic E-state index is -2.04. The van der Waals surface area contributed by atoms with Gasteiger partial charge in [0.25, 0.3) is 0 Å². The molecule has 4 nitrogen and oxygen atoms in total. The van der Waals surface area contributed by atoms with Crippen LogP contribution in [0.4, 0.5) is 4.79 Å². The standard InChI is InChI=1S/C7H5ClO2.C2Cl4O2/c8-6-4-2-1-3-5(6)7(9)10;3-1(7)8-2(4,5)6/h1-4H,(H,9,10);. The van der Waals surface area contributed by atoms with Crippen molar-refractivity contribution in [2.75, 3.05) is 0 Å². The first-order chi connectivity index (χ1) is 8.13. The Bertz CT molecular complexity index is 429. The number of carboxylic acid groups (broad SMARTS) is 1. The predicted octanol–water partition coefficient (Wildman–Crippen LogP) is 4.73. The van der Waals surface area contributed by atoms with Crippen LogP contribution in [0.2, 0.25) is 5.02 Å². The lowest BCUT2D eigenvalue weighted by molar-refractivity contribution is 0.0697. The SMILES string of the molecule is O=C(Cl)OC(Cl)(Cl)Cl.O=C(O)c1ccccc1Cl. The van der Waals surface area contributed by atoms with Crippen LogP contribution in [-0.2, 0) is 4.74 Å². The Morgan fingerprint density at radius 3 is 1.89 bits per heavy atom. The van der Waals surface area contributed by atoms with E-state index in [4.69, 9.17) is 51.5 Å². The molecule has 0 fully saturated rings. The van der Waals surface area contributed by atoms with E-state index in [9.17, 15) is 9.59 Å². The van der Waals surface area contributed by atoms with Crippen molar-refractivity contribution in [3.63, 3.8) is 0 Å². The second kappa shape index (κ2) is 7.92. The molecule has 0 bridgehead atoms. The first-order valence-corrected chi connectivity index (χ1v) is 5.95. The number of ether oxygens (including phenoxy) is 1. The third kappa shape index (κ3) is 8.66. The first-order valence-electron chi connectivity index (χ1n) is 4.06. The summed E-state index contributed by atoms with van der Waals surface area (Å²) in [6.07, 6.45) is 0. The number of alkyl halides is 3. The van der Waals surface area contributed by atoms with Crippen molar-refractivity contribution in [3.05, 3.63) is 34.9 Å². The average Bonchev–Trinajstić information content (AvgIpc) is 2.14. The highest BCUT2D eigenvalue weighted by atomic mass is 35.6. The Kier molecular flexibility index (Phi) is 7.75. The number of aromatic carboxylic acids is 1. The molecule has 0 aliphatic carbocycles. The van der Waals surface area contributed by atoms with E-state index >= 15 is 0 Å². The molecule has 0 unspecified atom stereocenters. The fourth-order valence-electron chi connectivity index (χ4n) is 0.726. The molecular formula is C9H5Cl5O4. The topological polar surface area (TPSA) is 63.6 Å². The highest BCUT2D eigenvalue weighted by Crippen LogP contribution is 2.27. The van der Waals surface area contributed by atoms with Gasteiger partial charge in [-0.1, -0.05) is 23.7 Å². The zero-order chi connectivity index (χ0) is 14.3. The number of hydrogen-bond donors (Lipinski definition) is 1. The zero-order valence-corrected chi connectivity index (χ0v) is 12.2. The lowest BCUT2D eigenvalue weighted by atomic mass is 10.2. The molecule has 1 aromatic carbocycles. The lowest BCUT2D eigenvalue weighted by Gasteiger charge is -2.06. The van der Waals surface area contributed by atoms with Crippen LogP contribution in [0.5, 0.6) is 0 Å². The summed E-state index contributed by atoms with van der Waals surface area (Å²) in [4.78, 5) is 20.1. The summed E-state index contributed by atoms with van der Waals surface area (Å²) in [6, 6.07) is 6.33. The number of hydrogen-bond acceptors (Lipinski definition) is 3. The highest BCUT2D eigenvalue weighted by Gasteiger charge is 2.23. The zero-order valence-electron chi connectivity index (χ0n) is 8.37. The van der Waals surface area contributed by atoms with Gasteiger partial charge in [-0.25, -0.2) is 9.59 Å². The molecule has 18 heavy (non-hydrogen) atoms. The summed E-state index contributed by atoms with van der Waals surface area (Å²) >= 11 is 25.0. The van der Waals surface area contributed by atoms with Crippen LogP contribution in [0.3, 0.4) is 0 Å². The summed E-state index contributed by atoms with van der Waals surface area (Å²) in [6.45, 7) is 0. The van der Waals surface area contributed by atoms with Crippen molar-refractivity contribution in [3.8, 4) is 0 Å². The predicted molar refractivity (Wildman–Crippen MR) is 71.0 cm³/mol. The number of rotatable bonds is 1. The lowest BCUT2D eigenvalue weighted by Crippen LogP contribution is -2.09. The van der Waals surface area contributed by atoms with Gasteiger partial charge in [0.05, 0.1) is 10.6 Å². The smallest absolute Gasteiger partial charge is 0.407 e. The molecule has 0 aliphatic heterocycles. The second-order valence-electron chi connectivity index (χ2n) is 2.57. The number of benzene rings is 1. The van der Waals surface area contributed by atoms with Crippen molar-refractivity contribution in [1.29, 1.82) is 0 Å². The van der Waals surface area contributed by atoms with Crippen LogP contribution in [0.15, 0.2) is 24.3 Å². The van der Waals surface area contributed by atoms with E-state index in [0.29, 0.717) is 0 Å². The molecule has 0 amide bonds. The van der Waals surface area contributed by atoms with Crippen molar-refractivity contribution in [2.45, 2.75) is 3.98 Å². The second-order valence-corrected chi connectivity index (χ2v) is 5.46. The van der Waals surface area contributed by atoms with Crippen LogP contribution >= 0.6 is 58.0 Å². The molecular weight excluding hydrogens is 349 g/mol. The number of carboxylic acids is 1. The Morgan fingerprint density at radius 1 is 1.17 bits per heavy atom. The van der Waals surface area contributed by atoms with Gasteiger partial charge >= 0.3 is 15.4 Å². The molecule has 0 spiro atoms. The Hall–Kier alpha value is -0.390. The summed E-state index contributed by atoms with van der Waals surface area (Å²) in [5.74, 6) is -0.995.